The number of carbonyl (C=O) groups excluding carboxylic acids is 3. The third-order valence-electron chi connectivity index (χ3n) is 6.97. The maximum atomic E-state index is 13.8. The van der Waals surface area contributed by atoms with Crippen LogP contribution in [0.3, 0.4) is 0 Å². The van der Waals surface area contributed by atoms with Gasteiger partial charge in [0.05, 0.1) is 6.61 Å². The van der Waals surface area contributed by atoms with Crippen molar-refractivity contribution in [3.8, 4) is 0 Å². The molecule has 0 bridgehead atoms. The predicted molar refractivity (Wildman–Crippen MR) is 134 cm³/mol. The van der Waals surface area contributed by atoms with Gasteiger partial charge in [-0.25, -0.2) is 0 Å². The molecule has 0 saturated carbocycles. The molecule has 2 aliphatic rings. The van der Waals surface area contributed by atoms with E-state index in [9.17, 15) is 14.4 Å². The van der Waals surface area contributed by atoms with Crippen molar-refractivity contribution in [2.24, 2.45) is 5.92 Å². The molecule has 2 saturated heterocycles. The van der Waals surface area contributed by atoms with E-state index in [2.05, 4.69) is 5.32 Å². The first-order valence-electron chi connectivity index (χ1n) is 12.4. The fourth-order valence-corrected chi connectivity index (χ4v) is 4.87. The molecule has 0 aromatic heterocycles. The van der Waals surface area contributed by atoms with Crippen LogP contribution < -0.4 is 5.32 Å². The summed E-state index contributed by atoms with van der Waals surface area (Å²) in [5, 5.41) is 2.97. The number of aryl methyl sites for hydroxylation is 2. The van der Waals surface area contributed by atoms with E-state index < -0.39 is 11.8 Å². The summed E-state index contributed by atoms with van der Waals surface area (Å²) in [7, 11) is 0. The third-order valence-corrected chi connectivity index (χ3v) is 6.97. The Morgan fingerprint density at radius 3 is 2.29 bits per heavy atom. The second-order valence-corrected chi connectivity index (χ2v) is 10.1. The highest BCUT2D eigenvalue weighted by atomic mass is 16.5. The quantitative estimate of drug-likeness (QED) is 0.714. The minimum absolute atomic E-state index is 0.0152. The Bertz CT molecular complexity index is 1090. The fourth-order valence-electron chi connectivity index (χ4n) is 4.87. The van der Waals surface area contributed by atoms with Crippen LogP contribution in [0.2, 0.25) is 0 Å². The zero-order valence-corrected chi connectivity index (χ0v) is 21.0. The van der Waals surface area contributed by atoms with Crippen molar-refractivity contribution in [3.05, 3.63) is 70.8 Å². The monoisotopic (exact) mass is 477 g/mol. The van der Waals surface area contributed by atoms with Crippen LogP contribution in [0.1, 0.15) is 58.5 Å². The fraction of sp³-hybridized carbons (Fsp3) is 0.464. The molecular weight excluding hydrogens is 442 g/mol. The summed E-state index contributed by atoms with van der Waals surface area (Å²) in [6.45, 7) is 9.54. The Labute approximate surface area is 207 Å². The molecule has 7 nitrogen and oxygen atoms in total. The van der Waals surface area contributed by atoms with E-state index in [1.165, 1.54) is 0 Å². The Balaban J connectivity index is 1.57. The molecule has 4 rings (SSSR count). The molecule has 2 aromatic carbocycles. The lowest BCUT2D eigenvalue weighted by Gasteiger charge is -2.44. The summed E-state index contributed by atoms with van der Waals surface area (Å²) in [6.07, 6.45) is 0.909. The molecule has 2 aliphatic heterocycles. The topological polar surface area (TPSA) is 79.0 Å². The van der Waals surface area contributed by atoms with Gasteiger partial charge in [0.25, 0.3) is 11.8 Å². The van der Waals surface area contributed by atoms with Gasteiger partial charge < -0.3 is 15.0 Å². The second kappa shape index (κ2) is 10.2. The van der Waals surface area contributed by atoms with Gasteiger partial charge in [-0.3, -0.25) is 19.3 Å². The van der Waals surface area contributed by atoms with Gasteiger partial charge in [-0.1, -0.05) is 49.7 Å². The highest BCUT2D eigenvalue weighted by molar-refractivity contribution is 5.99. The minimum atomic E-state index is -0.912. The van der Waals surface area contributed by atoms with E-state index in [4.69, 9.17) is 4.74 Å². The van der Waals surface area contributed by atoms with Gasteiger partial charge in [0.1, 0.15) is 11.8 Å². The maximum absolute atomic E-state index is 13.8. The Morgan fingerprint density at radius 2 is 1.66 bits per heavy atom. The third kappa shape index (κ3) is 5.10. The first-order chi connectivity index (χ1) is 16.7. The first-order valence-corrected chi connectivity index (χ1v) is 12.4. The summed E-state index contributed by atoms with van der Waals surface area (Å²) in [6, 6.07) is 14.2. The average molecular weight is 478 g/mol. The van der Waals surface area contributed by atoms with Gasteiger partial charge in [-0.15, -0.1) is 0 Å². The van der Waals surface area contributed by atoms with Crippen molar-refractivity contribution < 1.29 is 19.1 Å². The van der Waals surface area contributed by atoms with Crippen molar-refractivity contribution in [1.82, 2.24) is 15.1 Å². The van der Waals surface area contributed by atoms with Gasteiger partial charge in [0.15, 0.2) is 0 Å². The number of carbonyl (C=O) groups is 3. The van der Waals surface area contributed by atoms with E-state index in [1.54, 1.807) is 17.0 Å². The molecule has 7 heteroatoms. The molecule has 1 N–H and O–H groups in total. The Kier molecular flexibility index (Phi) is 7.26. The smallest absolute Gasteiger partial charge is 0.256 e. The molecule has 2 heterocycles. The van der Waals surface area contributed by atoms with Crippen LogP contribution >= 0.6 is 0 Å². The van der Waals surface area contributed by atoms with Gasteiger partial charge in [0.2, 0.25) is 5.91 Å². The van der Waals surface area contributed by atoms with Crippen LogP contribution in [0, 0.1) is 19.8 Å². The Hall–Kier alpha value is -3.19. The number of ether oxygens (including phenoxy) is 1. The zero-order chi connectivity index (χ0) is 25.2. The van der Waals surface area contributed by atoms with Crippen LogP contribution in [0.5, 0.6) is 0 Å². The van der Waals surface area contributed by atoms with E-state index in [1.807, 2.05) is 69.0 Å². The van der Waals surface area contributed by atoms with E-state index in [0.29, 0.717) is 49.5 Å². The minimum Gasteiger partial charge on any atom is -0.354 e. The molecule has 0 aliphatic carbocycles. The van der Waals surface area contributed by atoms with E-state index in [0.717, 1.165) is 11.1 Å². The molecule has 2 fully saturated rings. The van der Waals surface area contributed by atoms with Crippen LogP contribution in [-0.4, -0.2) is 65.5 Å². The summed E-state index contributed by atoms with van der Waals surface area (Å²) in [4.78, 5) is 43.5. The maximum Gasteiger partial charge on any atom is 0.256 e. The number of piperidine rings is 1. The number of hydrogen-bond donors (Lipinski definition) is 1. The van der Waals surface area contributed by atoms with Gasteiger partial charge in [-0.05, 0) is 43.5 Å². The average Bonchev–Trinajstić information content (AvgIpc) is 3.21. The summed E-state index contributed by atoms with van der Waals surface area (Å²) in [5.41, 5.74) is 2.30. The highest BCUT2D eigenvalue weighted by Crippen LogP contribution is 2.39. The second-order valence-electron chi connectivity index (χ2n) is 10.1. The molecule has 2 aromatic rings. The summed E-state index contributed by atoms with van der Waals surface area (Å²) >= 11 is 0. The van der Waals surface area contributed by atoms with E-state index in [-0.39, 0.29) is 24.3 Å². The molecule has 1 spiro atoms. The first kappa shape index (κ1) is 24.9. The van der Waals surface area contributed by atoms with Crippen LogP contribution in [0.4, 0.5) is 0 Å². The van der Waals surface area contributed by atoms with Gasteiger partial charge in [0, 0.05) is 43.6 Å². The number of hydrogen-bond acceptors (Lipinski definition) is 4. The van der Waals surface area contributed by atoms with Crippen LogP contribution in [0.25, 0.3) is 0 Å². The lowest BCUT2D eigenvalue weighted by atomic mass is 9.95. The number of likely N-dealkylation sites (tertiary alicyclic amines) is 1. The van der Waals surface area contributed by atoms with Crippen LogP contribution in [-0.2, 0) is 9.53 Å². The lowest BCUT2D eigenvalue weighted by Crippen LogP contribution is -2.60. The molecule has 186 valence electrons. The molecular formula is C28H35N3O4. The standard InChI is InChI=1S/C28H35N3O4/c1-19(2)17-29-25(32)24-18-35-28(31(24)26(33)22-11-9-20(3)10-12-22)13-15-30(16-14-28)27(34)23-8-6-5-7-21(23)4/h5-12,19,24H,13-18H2,1-4H3,(H,29,32). The number of nitrogens with one attached hydrogen (secondary N) is 1. The molecule has 35 heavy (non-hydrogen) atoms. The van der Waals surface area contributed by atoms with Gasteiger partial charge in [-0.2, -0.15) is 0 Å². The number of amides is 3. The number of benzene rings is 2. The van der Waals surface area contributed by atoms with E-state index >= 15 is 0 Å². The summed E-state index contributed by atoms with van der Waals surface area (Å²) in [5.74, 6) is -0.133. The zero-order valence-electron chi connectivity index (χ0n) is 21.0. The largest absolute Gasteiger partial charge is 0.354 e. The lowest BCUT2D eigenvalue weighted by molar-refractivity contribution is -0.128. The van der Waals surface area contributed by atoms with Crippen molar-refractivity contribution in [2.45, 2.75) is 52.3 Å². The van der Waals surface area contributed by atoms with Crippen molar-refractivity contribution in [3.63, 3.8) is 0 Å². The summed E-state index contributed by atoms with van der Waals surface area (Å²) < 4.78 is 6.26. The molecule has 1 unspecified atom stereocenters. The van der Waals surface area contributed by atoms with Crippen molar-refractivity contribution >= 4 is 17.7 Å². The molecule has 0 radical (unpaired) electrons. The SMILES string of the molecule is Cc1ccc(C(=O)N2C(C(=O)NCC(C)C)COC23CCN(C(=O)c2ccccc2C)CC3)cc1. The van der Waals surface area contributed by atoms with Gasteiger partial charge >= 0.3 is 0 Å². The number of nitrogens with zero attached hydrogens (tertiary/aromatic N) is 2. The Morgan fingerprint density at radius 1 is 1.00 bits per heavy atom. The van der Waals surface area contributed by atoms with Crippen molar-refractivity contribution in [2.75, 3.05) is 26.2 Å². The normalized spacial score (nSPS) is 19.3. The number of rotatable bonds is 5. The van der Waals surface area contributed by atoms with Crippen LogP contribution in [0.15, 0.2) is 48.5 Å². The molecule has 3 amide bonds. The highest BCUT2D eigenvalue weighted by Gasteiger charge is 2.54. The molecule has 1 atom stereocenters. The predicted octanol–water partition coefficient (Wildman–Crippen LogP) is 3.55. The van der Waals surface area contributed by atoms with Crippen molar-refractivity contribution in [1.29, 1.82) is 0 Å².